The van der Waals surface area contributed by atoms with E-state index in [9.17, 15) is 12.8 Å². The van der Waals surface area contributed by atoms with E-state index in [0.29, 0.717) is 39.4 Å². The first-order chi connectivity index (χ1) is 14.8. The fourth-order valence-electron chi connectivity index (χ4n) is 3.10. The quantitative estimate of drug-likeness (QED) is 0.416. The summed E-state index contributed by atoms with van der Waals surface area (Å²) in [5, 5.41) is 13.7. The number of sulfone groups is 1. The molecule has 0 spiro atoms. The second-order valence-electron chi connectivity index (χ2n) is 6.76. The molecule has 0 unspecified atom stereocenters. The van der Waals surface area contributed by atoms with Gasteiger partial charge >= 0.3 is 0 Å². The van der Waals surface area contributed by atoms with Crippen molar-refractivity contribution in [2.75, 3.05) is 31.0 Å². The highest BCUT2D eigenvalue weighted by Gasteiger charge is 2.16. The zero-order valence-corrected chi connectivity index (χ0v) is 17.7. The number of aromatic nitrogens is 4. The topological polar surface area (TPSA) is 122 Å². The maximum atomic E-state index is 13.7. The molecule has 31 heavy (non-hydrogen) atoms. The molecule has 0 aliphatic heterocycles. The van der Waals surface area contributed by atoms with E-state index in [1.165, 1.54) is 31.4 Å². The van der Waals surface area contributed by atoms with E-state index >= 15 is 0 Å². The lowest BCUT2D eigenvalue weighted by atomic mass is 10.1. The molecule has 2 heterocycles. The number of nitrogens with one attached hydrogen (secondary N) is 3. The summed E-state index contributed by atoms with van der Waals surface area (Å²) in [5.74, 6) is 0.689. The van der Waals surface area contributed by atoms with Gasteiger partial charge in [-0.2, -0.15) is 10.1 Å². The van der Waals surface area contributed by atoms with Crippen LogP contribution in [0.5, 0.6) is 5.75 Å². The van der Waals surface area contributed by atoms with Gasteiger partial charge in [0.2, 0.25) is 5.95 Å². The Morgan fingerprint density at radius 2 is 1.97 bits per heavy atom. The fourth-order valence-corrected chi connectivity index (χ4v) is 3.77. The van der Waals surface area contributed by atoms with Crippen LogP contribution in [0.1, 0.15) is 0 Å². The number of rotatable bonds is 6. The summed E-state index contributed by atoms with van der Waals surface area (Å²) in [6, 6.07) is 8.89. The van der Waals surface area contributed by atoms with Gasteiger partial charge in [0.15, 0.2) is 9.84 Å². The molecule has 0 fully saturated rings. The van der Waals surface area contributed by atoms with Gasteiger partial charge in [-0.3, -0.25) is 5.10 Å². The van der Waals surface area contributed by atoms with Crippen molar-refractivity contribution >= 4 is 38.2 Å². The molecule has 0 bridgehead atoms. The molecular weight excluding hydrogens is 423 g/mol. The molecule has 0 saturated heterocycles. The number of ether oxygens (including phenoxy) is 1. The lowest BCUT2D eigenvalue weighted by Gasteiger charge is -2.12. The average molecular weight is 442 g/mol. The van der Waals surface area contributed by atoms with Crippen LogP contribution in [0.3, 0.4) is 0 Å². The molecule has 0 atom stereocenters. The minimum Gasteiger partial charge on any atom is -0.497 e. The molecule has 9 nitrogen and oxygen atoms in total. The zero-order chi connectivity index (χ0) is 22.2. The molecule has 0 radical (unpaired) electrons. The monoisotopic (exact) mass is 442 g/mol. The van der Waals surface area contributed by atoms with Crippen LogP contribution in [0.15, 0.2) is 47.5 Å². The Labute approximate surface area is 177 Å². The maximum absolute atomic E-state index is 13.7. The van der Waals surface area contributed by atoms with Crippen molar-refractivity contribution in [2.24, 2.45) is 0 Å². The minimum absolute atomic E-state index is 0.102. The van der Waals surface area contributed by atoms with E-state index < -0.39 is 9.84 Å². The molecule has 0 saturated carbocycles. The molecule has 2 aromatic carbocycles. The molecule has 0 aliphatic rings. The predicted octanol–water partition coefficient (Wildman–Crippen LogP) is 3.36. The number of halogens is 1. The Morgan fingerprint density at radius 1 is 1.16 bits per heavy atom. The highest BCUT2D eigenvalue weighted by atomic mass is 32.2. The molecule has 160 valence electrons. The van der Waals surface area contributed by atoms with Crippen molar-refractivity contribution in [3.8, 4) is 17.0 Å². The highest BCUT2D eigenvalue weighted by Crippen LogP contribution is 2.32. The van der Waals surface area contributed by atoms with Crippen molar-refractivity contribution in [3.05, 3.63) is 48.4 Å². The number of anilines is 3. The van der Waals surface area contributed by atoms with Gasteiger partial charge in [-0.15, -0.1) is 0 Å². The molecule has 4 aromatic rings. The second-order valence-corrected chi connectivity index (χ2v) is 8.78. The maximum Gasteiger partial charge on any atom is 0.229 e. The van der Waals surface area contributed by atoms with Crippen LogP contribution in [0.25, 0.3) is 22.2 Å². The van der Waals surface area contributed by atoms with Crippen LogP contribution in [0, 0.1) is 5.82 Å². The summed E-state index contributed by atoms with van der Waals surface area (Å²) in [6.45, 7) is 0. The normalized spacial score (nSPS) is 11.5. The van der Waals surface area contributed by atoms with Crippen LogP contribution in [0.4, 0.5) is 21.8 Å². The third-order valence-electron chi connectivity index (χ3n) is 4.61. The van der Waals surface area contributed by atoms with Gasteiger partial charge in [-0.1, -0.05) is 0 Å². The Morgan fingerprint density at radius 3 is 2.68 bits per heavy atom. The first-order valence-corrected chi connectivity index (χ1v) is 11.0. The van der Waals surface area contributed by atoms with Crippen LogP contribution in [0.2, 0.25) is 0 Å². The molecule has 11 heteroatoms. The minimum atomic E-state index is -3.44. The summed E-state index contributed by atoms with van der Waals surface area (Å²) < 4.78 is 42.8. The number of fused-ring (bicyclic) bond motifs is 1. The van der Waals surface area contributed by atoms with Crippen LogP contribution in [-0.4, -0.2) is 49.0 Å². The van der Waals surface area contributed by atoms with Crippen molar-refractivity contribution in [1.82, 2.24) is 20.2 Å². The Hall–Kier alpha value is -3.73. The SMILES string of the molecule is CNc1nc(Nc2cc(OC)cc(S(C)(=O)=O)c2)ncc1-c1n[nH]c2ccc(F)cc12. The summed E-state index contributed by atoms with van der Waals surface area (Å²) >= 11 is 0. The second kappa shape index (κ2) is 7.84. The largest absolute Gasteiger partial charge is 0.497 e. The standard InChI is InChI=1S/C20H19FN6O3S/c1-22-19-16(18-15-6-11(21)4-5-17(15)26-27-18)10-23-20(25-19)24-12-7-13(30-2)9-14(8-12)31(3,28)29/h4-10H,1-3H3,(H,26,27)(H2,22,23,24,25). The molecule has 4 rings (SSSR count). The molecule has 2 aromatic heterocycles. The smallest absolute Gasteiger partial charge is 0.229 e. The van der Waals surface area contributed by atoms with Gasteiger partial charge in [0.25, 0.3) is 0 Å². The summed E-state index contributed by atoms with van der Waals surface area (Å²) in [7, 11) is -0.295. The van der Waals surface area contributed by atoms with Gasteiger partial charge in [0, 0.05) is 36.6 Å². The lowest BCUT2D eigenvalue weighted by Crippen LogP contribution is -2.04. The summed E-state index contributed by atoms with van der Waals surface area (Å²) in [5.41, 5.74) is 2.21. The van der Waals surface area contributed by atoms with Gasteiger partial charge in [-0.25, -0.2) is 17.8 Å². The third-order valence-corrected chi connectivity index (χ3v) is 5.70. The van der Waals surface area contributed by atoms with Crippen molar-refractivity contribution < 1.29 is 17.5 Å². The number of hydrogen-bond acceptors (Lipinski definition) is 8. The van der Waals surface area contributed by atoms with E-state index in [1.54, 1.807) is 25.4 Å². The lowest BCUT2D eigenvalue weighted by molar-refractivity contribution is 0.413. The first kappa shape index (κ1) is 20.5. The van der Waals surface area contributed by atoms with E-state index in [4.69, 9.17) is 4.74 Å². The van der Waals surface area contributed by atoms with Crippen molar-refractivity contribution in [1.29, 1.82) is 0 Å². The van der Waals surface area contributed by atoms with E-state index in [-0.39, 0.29) is 16.7 Å². The first-order valence-electron chi connectivity index (χ1n) is 9.13. The fraction of sp³-hybridized carbons (Fsp3) is 0.150. The Kier molecular flexibility index (Phi) is 5.19. The molecule has 3 N–H and O–H groups in total. The van der Waals surface area contributed by atoms with Crippen LogP contribution in [-0.2, 0) is 9.84 Å². The highest BCUT2D eigenvalue weighted by molar-refractivity contribution is 7.90. The van der Waals surface area contributed by atoms with E-state index in [1.807, 2.05) is 0 Å². The van der Waals surface area contributed by atoms with Gasteiger partial charge in [0.1, 0.15) is 23.1 Å². The number of nitrogens with zero attached hydrogens (tertiary/aromatic N) is 3. The number of aromatic amines is 1. The number of benzene rings is 2. The number of H-pyrrole nitrogens is 1. The average Bonchev–Trinajstić information content (AvgIpc) is 3.15. The number of hydrogen-bond donors (Lipinski definition) is 3. The summed E-state index contributed by atoms with van der Waals surface area (Å²) in [4.78, 5) is 8.86. The predicted molar refractivity (Wildman–Crippen MR) is 116 cm³/mol. The van der Waals surface area contributed by atoms with Crippen LogP contribution < -0.4 is 15.4 Å². The summed E-state index contributed by atoms with van der Waals surface area (Å²) in [6.07, 6.45) is 2.67. The van der Waals surface area contributed by atoms with E-state index in [0.717, 1.165) is 6.26 Å². The molecule has 0 aliphatic carbocycles. The zero-order valence-electron chi connectivity index (χ0n) is 16.9. The Bertz CT molecular complexity index is 1390. The van der Waals surface area contributed by atoms with Gasteiger partial charge in [0.05, 0.1) is 23.1 Å². The third kappa shape index (κ3) is 4.12. The van der Waals surface area contributed by atoms with Crippen molar-refractivity contribution in [3.63, 3.8) is 0 Å². The van der Waals surface area contributed by atoms with Crippen molar-refractivity contribution in [2.45, 2.75) is 4.90 Å². The molecule has 0 amide bonds. The van der Waals surface area contributed by atoms with Gasteiger partial charge < -0.3 is 15.4 Å². The van der Waals surface area contributed by atoms with Crippen LogP contribution >= 0.6 is 0 Å². The van der Waals surface area contributed by atoms with E-state index in [2.05, 4.69) is 30.8 Å². The van der Waals surface area contributed by atoms with Gasteiger partial charge in [-0.05, 0) is 30.3 Å². The number of methoxy groups -OCH3 is 1. The molecular formula is C20H19FN6O3S. The Balaban J connectivity index is 1.73.